The number of aromatic nitrogens is 16. The van der Waals surface area contributed by atoms with Crippen LogP contribution in [0.2, 0.25) is 0 Å². The number of aliphatic hydroxyl groups is 4. The van der Waals surface area contributed by atoms with Gasteiger partial charge in [0.1, 0.15) is 22.8 Å². The van der Waals surface area contributed by atoms with Crippen molar-refractivity contribution < 1.29 is 63.7 Å². The molecule has 0 amide bonds. The fraction of sp³-hybridized carbons (Fsp3) is 0.525. The second-order valence-corrected chi connectivity index (χ2v) is 38.7. The normalized spacial score (nSPS) is 20.7. The van der Waals surface area contributed by atoms with E-state index in [0.717, 1.165) is 211 Å². The van der Waals surface area contributed by atoms with Gasteiger partial charge in [0.05, 0.1) is 96.7 Å². The third-order valence-electron chi connectivity index (χ3n) is 27.0. The number of pyridine rings is 4. The zero-order valence-electron chi connectivity index (χ0n) is 80.5. The predicted molar refractivity (Wildman–Crippen MR) is 522 cm³/mol. The largest absolute Gasteiger partial charge is 0.477 e. The highest BCUT2D eigenvalue weighted by Gasteiger charge is 2.50. The van der Waals surface area contributed by atoms with Gasteiger partial charge >= 0.3 is 17.9 Å². The van der Waals surface area contributed by atoms with Gasteiger partial charge in [-0.15, -0.1) is 20.4 Å². The average molecular weight is 1920 g/mol. The average Bonchev–Trinajstić information content (AvgIpc) is 1.63. The summed E-state index contributed by atoms with van der Waals surface area (Å²) in [5.74, 6) is 2.28. The van der Waals surface area contributed by atoms with Crippen molar-refractivity contribution >= 4 is 85.5 Å². The van der Waals surface area contributed by atoms with Gasteiger partial charge in [0.15, 0.2) is 12.1 Å². The van der Waals surface area contributed by atoms with E-state index in [1.165, 1.54) is 26.0 Å². The Hall–Kier alpha value is -11.4. The predicted octanol–water partition coefficient (Wildman–Crippen LogP) is 19.0. The van der Waals surface area contributed by atoms with E-state index in [0.29, 0.717) is 71.5 Å². The number of carboxylic acid groups (broad SMARTS) is 1. The molecule has 5 aliphatic rings. The summed E-state index contributed by atoms with van der Waals surface area (Å²) in [4.78, 5) is 81.4. The zero-order valence-corrected chi connectivity index (χ0v) is 82.1. The number of Topliss-reactive ketones (excluding diaryl/α,β-unsaturated/α-hetero) is 1. The third kappa shape index (κ3) is 24.9. The van der Waals surface area contributed by atoms with Crippen LogP contribution in [-0.4, -0.2) is 202 Å². The second kappa shape index (κ2) is 45.5. The molecule has 9 N–H and O–H groups in total. The number of aliphatic hydroxyl groups excluding tert-OH is 4. The van der Waals surface area contributed by atoms with Crippen molar-refractivity contribution in [3.8, 4) is 33.4 Å². The maximum absolute atomic E-state index is 12.4. The summed E-state index contributed by atoms with van der Waals surface area (Å²) in [5.41, 5.74) is 14.9. The quantitative estimate of drug-likeness (QED) is 0.0180. The number of carbonyl (C=O) groups is 4. The van der Waals surface area contributed by atoms with Gasteiger partial charge in [-0.1, -0.05) is 59.7 Å². The number of anilines is 4. The number of carboxylic acids is 1. The number of rotatable bonds is 26. The Morgan fingerprint density at radius 1 is 0.400 bits per heavy atom. The lowest BCUT2D eigenvalue weighted by molar-refractivity contribution is -0.0898. The minimum absolute atomic E-state index is 0.0139. The van der Waals surface area contributed by atoms with Crippen molar-refractivity contribution in [3.05, 3.63) is 178 Å². The van der Waals surface area contributed by atoms with E-state index in [2.05, 4.69) is 167 Å². The number of nitrogens with one attached hydrogen (secondary N) is 4. The van der Waals surface area contributed by atoms with Crippen LogP contribution < -0.4 is 21.3 Å². The Morgan fingerprint density at radius 3 is 0.970 bits per heavy atom. The Morgan fingerprint density at radius 2 is 0.689 bits per heavy atom. The molecule has 34 heteroatoms. The van der Waals surface area contributed by atoms with Gasteiger partial charge < -0.3 is 65.7 Å². The first-order valence-corrected chi connectivity index (χ1v) is 48.6. The number of esters is 2. The molecule has 1 aliphatic heterocycles. The first-order valence-electron chi connectivity index (χ1n) is 47.8. The van der Waals surface area contributed by atoms with Crippen LogP contribution in [0.3, 0.4) is 0 Å². The molecule has 0 unspecified atom stereocenters. The summed E-state index contributed by atoms with van der Waals surface area (Å²) in [7, 11) is 2.67. The number of hydrogen-bond donors (Lipinski definition) is 9. The Balaban J connectivity index is 0.000000145. The van der Waals surface area contributed by atoms with Crippen LogP contribution in [0.5, 0.6) is 0 Å². The molecule has 0 bridgehead atoms. The number of carbonyl (C=O) groups excluding carboxylic acids is 3. The van der Waals surface area contributed by atoms with E-state index < -0.39 is 35.4 Å². The number of aromatic carboxylic acids is 1. The smallest absolute Gasteiger partial charge is 0.356 e. The number of hydrogen-bond acceptors (Lipinski definition) is 28. The fourth-order valence-corrected chi connectivity index (χ4v) is 17.8. The van der Waals surface area contributed by atoms with E-state index in [4.69, 9.17) is 34.6 Å². The van der Waals surface area contributed by atoms with Crippen LogP contribution in [0.15, 0.2) is 127 Å². The summed E-state index contributed by atoms with van der Waals surface area (Å²) in [6.07, 6.45) is 31.3. The molecule has 5 fully saturated rings. The van der Waals surface area contributed by atoms with Gasteiger partial charge in [-0.25, -0.2) is 67.3 Å². The fourth-order valence-electron chi connectivity index (χ4n) is 17.3. The number of fused-ring (bicyclic) bond motifs is 4. The van der Waals surface area contributed by atoms with Crippen molar-refractivity contribution in [2.24, 2.45) is 5.92 Å². The van der Waals surface area contributed by atoms with Crippen molar-refractivity contribution in [3.63, 3.8) is 0 Å². The van der Waals surface area contributed by atoms with Crippen molar-refractivity contribution in [2.75, 3.05) is 35.5 Å². The minimum atomic E-state index is -1.05. The van der Waals surface area contributed by atoms with Gasteiger partial charge in [0, 0.05) is 145 Å². The van der Waals surface area contributed by atoms with Gasteiger partial charge in [0.2, 0.25) is 23.8 Å². The van der Waals surface area contributed by atoms with E-state index in [9.17, 15) is 39.6 Å². The second-order valence-electron chi connectivity index (χ2n) is 37.9. The lowest BCUT2D eigenvalue weighted by atomic mass is 9.85. The molecule has 0 aromatic carbocycles. The van der Waals surface area contributed by atoms with Crippen LogP contribution in [-0.2, 0) is 18.9 Å². The van der Waals surface area contributed by atoms with E-state index in [-0.39, 0.29) is 65.4 Å². The summed E-state index contributed by atoms with van der Waals surface area (Å²) in [6.45, 7) is 29.0. The molecule has 0 radical (unpaired) electrons. The molecule has 0 spiro atoms. The molecule has 722 valence electrons. The first kappa shape index (κ1) is 101. The number of nitrogens with zero attached hydrogens (tertiary/aromatic N) is 16. The SMILES string of the molecule is CC[C@H](C)Nc1ncc2c(-c3ccc(C(=O)CC(C)C)nc3)cc(C3CCC(O)CC3)n2n1.CC[C@H](C)Nc1ncc2c(-c3ccc(C(=O)O)nc3)cc(C3CCC(O)CC3)n2n1.CC[C@H](C)Nc1ncc2c(-c3ccc(C(=O)OC)nc3)cc(C3CCC(O)CC3)n2n1.CC[C@H](C)Nc1ncc2c(Br)cc(C3CCC(O)CC3)n2n1.COC(=O)c1ccc(C2OC(C)(C)C(C)(C)O2)cn1. The summed E-state index contributed by atoms with van der Waals surface area (Å²) >= 11 is 3.61. The highest BCUT2D eigenvalue weighted by molar-refractivity contribution is 9.10. The van der Waals surface area contributed by atoms with Crippen molar-refractivity contribution in [1.82, 2.24) is 78.3 Å². The first-order chi connectivity index (χ1) is 64.6. The topological polar surface area (TPSA) is 427 Å². The third-order valence-corrected chi connectivity index (χ3v) is 27.6. The van der Waals surface area contributed by atoms with E-state index in [1.807, 2.05) is 96.4 Å². The van der Waals surface area contributed by atoms with Crippen LogP contribution in [0.4, 0.5) is 23.8 Å². The Bertz CT molecular complexity index is 5960. The highest BCUT2D eigenvalue weighted by Crippen LogP contribution is 2.46. The zero-order chi connectivity index (χ0) is 96.7. The van der Waals surface area contributed by atoms with Gasteiger partial charge in [-0.2, -0.15) is 0 Å². The molecule has 4 aliphatic carbocycles. The monoisotopic (exact) mass is 1910 g/mol. The number of halogens is 1. The molecule has 135 heavy (non-hydrogen) atoms. The molecule has 12 aromatic heterocycles. The molecule has 13 heterocycles. The lowest BCUT2D eigenvalue weighted by Crippen LogP contribution is -2.41. The Labute approximate surface area is 797 Å². The Kier molecular flexibility index (Phi) is 34.1. The minimum Gasteiger partial charge on any atom is -0.477 e. The lowest BCUT2D eigenvalue weighted by Gasteiger charge is -2.30. The van der Waals surface area contributed by atoms with Crippen LogP contribution in [0.1, 0.15) is 332 Å². The van der Waals surface area contributed by atoms with Crippen LogP contribution in [0, 0.1) is 5.92 Å². The molecule has 4 atom stereocenters. The van der Waals surface area contributed by atoms with Crippen LogP contribution >= 0.6 is 15.9 Å². The highest BCUT2D eigenvalue weighted by atomic mass is 79.9. The number of ketones is 1. The molecule has 1 saturated heterocycles. The molecule has 12 aromatic rings. The van der Waals surface area contributed by atoms with E-state index in [1.54, 1.807) is 55.2 Å². The maximum Gasteiger partial charge on any atom is 0.356 e. The number of ether oxygens (including phenoxy) is 4. The molecular formula is C101H133BrN20O13. The summed E-state index contributed by atoms with van der Waals surface area (Å²) in [6, 6.07) is 23.7. The summed E-state index contributed by atoms with van der Waals surface area (Å²) < 4.78 is 30.1. The van der Waals surface area contributed by atoms with Crippen LogP contribution in [0.25, 0.3) is 55.4 Å². The standard InChI is InChI=1S/C26H35N5O2.C23H29N5O3.C22H27N5O3.C16H23BrN4O.C14H19NO4/c1-5-17(4)29-26-28-15-24-21(19-8-11-22(27-14-19)25(33)12-16(2)3)13-23(31(24)30-26)18-6-9-20(32)10-7-18;1-4-14(2)26-23-25-13-21-18(16-7-10-19(24-12-16)22(30)31-3)11-20(28(21)27-23)15-5-8-17(29)9-6-15;1-3-13(2)25-22-24-12-20-17(15-6-9-18(21(29)30)23-11-15)10-19(27(20)26-22)14-4-7-16(28)8-5-14;1-3-10(2)19-16-18-9-15-13(17)8-14(21(15)20-16)11-4-6-12(22)7-5-11;1-13(2)14(3,4)19-12(18-13)9-6-7-10(15-8-9)11(16)17-5/h8,11,13-18,20,32H,5-7,9-10,12H2,1-4H3,(H,29,30);7,10-15,17,29H,4-6,8-9H2,1-3H3,(H,26,27);6,9-14,16,28H,3-5,7-8H2,1-2H3,(H,25,26)(H,29,30);8-12,22H,3-7H2,1-2H3,(H,19,20);6-8,12H,1-5H3/t17-,18?,20?;14-,15?,17?;13-,14?,16?;10-,11?,12?;/m0000./s1. The maximum atomic E-state index is 12.4. The molecule has 17 rings (SSSR count). The van der Waals surface area contributed by atoms with Gasteiger partial charge in [0.25, 0.3) is 0 Å². The summed E-state index contributed by atoms with van der Waals surface area (Å²) in [5, 5.41) is 81.1. The van der Waals surface area contributed by atoms with Gasteiger partial charge in [-0.05, 0) is 260 Å². The molecule has 33 nitrogen and oxygen atoms in total. The van der Waals surface area contributed by atoms with E-state index >= 15 is 0 Å². The van der Waals surface area contributed by atoms with Gasteiger partial charge in [-0.3, -0.25) is 9.78 Å². The van der Waals surface area contributed by atoms with Crippen molar-refractivity contribution in [2.45, 2.75) is 322 Å². The number of methoxy groups -OCH3 is 2. The molecular weight excluding hydrogens is 1780 g/mol. The molecule has 4 saturated carbocycles. The van der Waals surface area contributed by atoms with Crippen molar-refractivity contribution in [1.29, 1.82) is 0 Å².